The molecule has 2 rings (SSSR count). The van der Waals surface area contributed by atoms with Crippen LogP contribution in [0.2, 0.25) is 0 Å². The van der Waals surface area contributed by atoms with Crippen molar-refractivity contribution < 1.29 is 13.6 Å². The molecule has 29 heavy (non-hydrogen) atoms. The minimum atomic E-state index is -1.53. The first-order valence-electron chi connectivity index (χ1n) is 10.5. The van der Waals surface area contributed by atoms with Crippen LogP contribution in [0.5, 0.6) is 11.5 Å². The number of hydrogen-bond acceptors (Lipinski definition) is 3. The highest BCUT2D eigenvalue weighted by atomic mass is 31.2. The van der Waals surface area contributed by atoms with Crippen LogP contribution in [0.25, 0.3) is 0 Å². The molecule has 1 atom stereocenters. The monoisotopic (exact) mass is 416 g/mol. The predicted molar refractivity (Wildman–Crippen MR) is 124 cm³/mol. The molecular formula is C25H37O3P. The van der Waals surface area contributed by atoms with Gasteiger partial charge in [0.15, 0.2) is 0 Å². The lowest BCUT2D eigenvalue weighted by atomic mass is 9.84. The Hall–Kier alpha value is -1.57. The Kier molecular flexibility index (Phi) is 8.55. The minimum absolute atomic E-state index is 0.0322. The summed E-state index contributed by atoms with van der Waals surface area (Å²) in [7, 11) is 0.101. The summed E-state index contributed by atoms with van der Waals surface area (Å²) in [4.78, 5) is 0. The molecule has 160 valence electrons. The van der Waals surface area contributed by atoms with E-state index in [1.54, 1.807) is 7.11 Å². The molecule has 0 aromatic heterocycles. The third kappa shape index (κ3) is 7.64. The lowest BCUT2D eigenvalue weighted by Gasteiger charge is -2.25. The molecule has 0 saturated carbocycles. The van der Waals surface area contributed by atoms with Crippen LogP contribution in [0.4, 0.5) is 0 Å². The average molecular weight is 417 g/mol. The van der Waals surface area contributed by atoms with Crippen molar-refractivity contribution in [3.8, 4) is 11.5 Å². The minimum Gasteiger partial charge on any atom is -0.418 e. The van der Waals surface area contributed by atoms with Crippen molar-refractivity contribution in [1.82, 2.24) is 0 Å². The molecule has 0 aliphatic carbocycles. The Morgan fingerprint density at radius 3 is 1.86 bits per heavy atom. The third-order valence-electron chi connectivity index (χ3n) is 4.57. The van der Waals surface area contributed by atoms with Crippen LogP contribution >= 0.6 is 8.60 Å². The van der Waals surface area contributed by atoms with Crippen molar-refractivity contribution in [2.24, 2.45) is 11.8 Å². The Labute approximate surface area is 178 Å². The van der Waals surface area contributed by atoms with Gasteiger partial charge in [0.25, 0.3) is 0 Å². The van der Waals surface area contributed by atoms with Crippen LogP contribution in [0, 0.1) is 11.8 Å². The number of hydrogen-bond donors (Lipinski definition) is 0. The summed E-state index contributed by atoms with van der Waals surface area (Å²) in [5, 5.41) is 0. The normalized spacial score (nSPS) is 13.0. The summed E-state index contributed by atoms with van der Waals surface area (Å²) in [6.07, 6.45) is 2.12. The topological polar surface area (TPSA) is 27.7 Å². The first-order valence-corrected chi connectivity index (χ1v) is 11.6. The highest BCUT2D eigenvalue weighted by molar-refractivity contribution is 7.42. The fourth-order valence-electron chi connectivity index (χ4n) is 3.26. The maximum Gasteiger partial charge on any atom is 0.462 e. The fraction of sp³-hybridized carbons (Fsp3) is 0.520. The molecule has 0 aliphatic rings. The molecule has 1 unspecified atom stereocenters. The molecule has 2 aromatic carbocycles. The molecule has 3 nitrogen and oxygen atoms in total. The predicted octanol–water partition coefficient (Wildman–Crippen LogP) is 7.71. The molecule has 0 heterocycles. The van der Waals surface area contributed by atoms with E-state index in [2.05, 4.69) is 78.8 Å². The summed E-state index contributed by atoms with van der Waals surface area (Å²) in [5.74, 6) is 2.84. The summed E-state index contributed by atoms with van der Waals surface area (Å²) in [5.41, 5.74) is 3.79. The van der Waals surface area contributed by atoms with E-state index in [0.29, 0.717) is 11.8 Å². The third-order valence-corrected chi connectivity index (χ3v) is 5.57. The summed E-state index contributed by atoms with van der Waals surface area (Å²) < 4.78 is 17.7. The van der Waals surface area contributed by atoms with Crippen molar-refractivity contribution in [2.45, 2.75) is 66.7 Å². The summed E-state index contributed by atoms with van der Waals surface area (Å²) in [6, 6.07) is 14.7. The van der Waals surface area contributed by atoms with Crippen LogP contribution < -0.4 is 9.05 Å². The molecule has 0 aliphatic heterocycles. The Morgan fingerprint density at radius 1 is 0.793 bits per heavy atom. The van der Waals surface area contributed by atoms with Crippen molar-refractivity contribution >= 4 is 8.60 Å². The van der Waals surface area contributed by atoms with Crippen molar-refractivity contribution in [3.05, 3.63) is 59.2 Å². The zero-order valence-corrected chi connectivity index (χ0v) is 20.2. The summed E-state index contributed by atoms with van der Waals surface area (Å²) >= 11 is 0. The van der Waals surface area contributed by atoms with E-state index in [1.807, 2.05) is 12.1 Å². The molecule has 0 N–H and O–H groups in total. The van der Waals surface area contributed by atoms with E-state index in [1.165, 1.54) is 16.7 Å². The van der Waals surface area contributed by atoms with E-state index in [-0.39, 0.29) is 5.41 Å². The molecule has 0 fully saturated rings. The Balaban J connectivity index is 2.17. The largest absolute Gasteiger partial charge is 0.462 e. The van der Waals surface area contributed by atoms with Gasteiger partial charge in [-0.1, -0.05) is 72.7 Å². The Bertz CT molecular complexity index is 761. The molecule has 4 heteroatoms. The van der Waals surface area contributed by atoms with Crippen molar-refractivity contribution in [1.29, 1.82) is 0 Å². The molecule has 0 saturated heterocycles. The van der Waals surface area contributed by atoms with Gasteiger partial charge in [-0.05, 0) is 59.4 Å². The molecule has 0 bridgehead atoms. The van der Waals surface area contributed by atoms with Gasteiger partial charge in [0.05, 0.1) is 0 Å². The summed E-state index contributed by atoms with van der Waals surface area (Å²) in [6.45, 7) is 15.5. The quantitative estimate of drug-likeness (QED) is 0.392. The van der Waals surface area contributed by atoms with Crippen LogP contribution in [-0.2, 0) is 22.8 Å². The van der Waals surface area contributed by atoms with Gasteiger partial charge in [-0.15, -0.1) is 0 Å². The molecule has 0 radical (unpaired) electrons. The first-order chi connectivity index (χ1) is 13.6. The first kappa shape index (κ1) is 23.7. The standard InChI is InChI=1S/C25H37O3P/c1-18(2)15-20-9-12-22(13-10-20)27-29(26-8)28-24-14-11-21(16-19(3)4)17-23(24)25(5,6)7/h9-14,17-19H,15-16H2,1-8H3. The fourth-order valence-corrected chi connectivity index (χ4v) is 4.06. The van der Waals surface area contributed by atoms with Gasteiger partial charge in [-0.25, -0.2) is 0 Å². The van der Waals surface area contributed by atoms with Gasteiger partial charge in [0, 0.05) is 12.7 Å². The van der Waals surface area contributed by atoms with Gasteiger partial charge in [0.1, 0.15) is 11.5 Å². The van der Waals surface area contributed by atoms with Crippen molar-refractivity contribution in [3.63, 3.8) is 0 Å². The maximum absolute atomic E-state index is 6.20. The van der Waals surface area contributed by atoms with Gasteiger partial charge in [-0.3, -0.25) is 4.52 Å². The van der Waals surface area contributed by atoms with Gasteiger partial charge >= 0.3 is 8.60 Å². The van der Waals surface area contributed by atoms with E-state index < -0.39 is 8.60 Å². The van der Waals surface area contributed by atoms with Crippen LogP contribution in [0.15, 0.2) is 42.5 Å². The Morgan fingerprint density at radius 2 is 1.34 bits per heavy atom. The van der Waals surface area contributed by atoms with Crippen LogP contribution in [0.3, 0.4) is 0 Å². The van der Waals surface area contributed by atoms with Gasteiger partial charge in [-0.2, -0.15) is 0 Å². The second-order valence-electron chi connectivity index (χ2n) is 9.51. The zero-order valence-electron chi connectivity index (χ0n) is 19.3. The number of benzene rings is 2. The molecule has 0 amide bonds. The lowest BCUT2D eigenvalue weighted by molar-refractivity contribution is 0.320. The van der Waals surface area contributed by atoms with Gasteiger partial charge < -0.3 is 9.05 Å². The number of rotatable bonds is 9. The van der Waals surface area contributed by atoms with Crippen molar-refractivity contribution in [2.75, 3.05) is 7.11 Å². The van der Waals surface area contributed by atoms with E-state index in [4.69, 9.17) is 13.6 Å². The molecule has 0 spiro atoms. The smallest absolute Gasteiger partial charge is 0.418 e. The highest BCUT2D eigenvalue weighted by Gasteiger charge is 2.24. The SMILES string of the molecule is COP(Oc1ccc(CC(C)C)cc1)Oc1ccc(CC(C)C)cc1C(C)(C)C. The average Bonchev–Trinajstić information content (AvgIpc) is 2.62. The molecular weight excluding hydrogens is 379 g/mol. The van der Waals surface area contributed by atoms with E-state index >= 15 is 0 Å². The van der Waals surface area contributed by atoms with E-state index in [9.17, 15) is 0 Å². The lowest BCUT2D eigenvalue weighted by Crippen LogP contribution is -2.14. The second kappa shape index (κ2) is 10.5. The van der Waals surface area contributed by atoms with E-state index in [0.717, 1.165) is 24.3 Å². The molecule has 2 aromatic rings. The maximum atomic E-state index is 6.20. The van der Waals surface area contributed by atoms with Crippen LogP contribution in [-0.4, -0.2) is 7.11 Å². The zero-order chi connectivity index (χ0) is 21.6. The van der Waals surface area contributed by atoms with Crippen LogP contribution in [0.1, 0.15) is 65.2 Å². The second-order valence-corrected chi connectivity index (χ2v) is 10.7. The van der Waals surface area contributed by atoms with Gasteiger partial charge in [0.2, 0.25) is 0 Å². The highest BCUT2D eigenvalue weighted by Crippen LogP contribution is 2.44.